The van der Waals surface area contributed by atoms with Crippen LogP contribution < -0.4 is 13.7 Å². The van der Waals surface area contributed by atoms with E-state index in [-0.39, 0.29) is 23.0 Å². The number of nitrogens with zero attached hydrogens (tertiary/aromatic N) is 4. The van der Waals surface area contributed by atoms with Crippen molar-refractivity contribution in [2.75, 3.05) is 0 Å². The molecule has 0 amide bonds. The van der Waals surface area contributed by atoms with E-state index in [2.05, 4.69) is 89.2 Å². The molecule has 0 saturated carbocycles. The van der Waals surface area contributed by atoms with Gasteiger partial charge in [0.2, 0.25) is 12.9 Å². The van der Waals surface area contributed by atoms with Crippen LogP contribution in [0.15, 0.2) is 116 Å². The average molecular weight is 566 g/mol. The molecular weight excluding hydrogens is 524 g/mol. The van der Waals surface area contributed by atoms with Crippen molar-refractivity contribution in [1.82, 2.24) is 4.57 Å². The summed E-state index contributed by atoms with van der Waals surface area (Å²) in [6.07, 6.45) is 38.5. The van der Waals surface area contributed by atoms with Crippen molar-refractivity contribution in [1.29, 1.82) is 0 Å². The number of allylic oxidation sites excluding steroid dienone is 8. The Hall–Kier alpha value is -3.34. The summed E-state index contributed by atoms with van der Waals surface area (Å²) in [5.74, 6) is 0.473. The number of hydrogen-bond donors (Lipinski definition) is 0. The maximum Gasteiger partial charge on any atom is 0.433 e. The summed E-state index contributed by atoms with van der Waals surface area (Å²) in [6.45, 7) is 4.53. The van der Waals surface area contributed by atoms with Gasteiger partial charge in [-0.15, -0.1) is 4.57 Å². The van der Waals surface area contributed by atoms with Crippen molar-refractivity contribution in [2.45, 2.75) is 65.1 Å². The summed E-state index contributed by atoms with van der Waals surface area (Å²) in [6, 6.07) is 8.33. The second-order valence-corrected chi connectivity index (χ2v) is 9.94. The summed E-state index contributed by atoms with van der Waals surface area (Å²) >= 11 is 0. The molecular formula is C33H41FeN4O+3. The van der Waals surface area contributed by atoms with Crippen molar-refractivity contribution in [3.8, 4) is 11.1 Å². The zero-order valence-corrected chi connectivity index (χ0v) is 24.1. The average Bonchev–Trinajstić information content (AvgIpc) is 3.75. The molecule has 6 heteroatoms. The maximum absolute atomic E-state index is 12.7. The first-order valence-electron chi connectivity index (χ1n) is 14.0. The van der Waals surface area contributed by atoms with Gasteiger partial charge in [-0.25, -0.2) is 18.5 Å². The molecule has 0 N–H and O–H groups in total. The van der Waals surface area contributed by atoms with Crippen LogP contribution in [0.1, 0.15) is 50.2 Å². The van der Waals surface area contributed by atoms with Crippen LogP contribution >= 0.6 is 0 Å². The first-order valence-corrected chi connectivity index (χ1v) is 14.0. The Labute approximate surface area is 244 Å². The third-order valence-electron chi connectivity index (χ3n) is 6.83. The molecule has 3 heterocycles. The Bertz CT molecular complexity index is 1250. The molecule has 2 aliphatic rings. The van der Waals surface area contributed by atoms with Crippen molar-refractivity contribution in [3.63, 3.8) is 0 Å². The van der Waals surface area contributed by atoms with Gasteiger partial charge in [0, 0.05) is 53.7 Å². The van der Waals surface area contributed by atoms with Gasteiger partial charge in [0.05, 0.1) is 6.54 Å². The van der Waals surface area contributed by atoms with E-state index in [0.29, 0.717) is 12.5 Å². The van der Waals surface area contributed by atoms with Crippen molar-refractivity contribution in [2.24, 2.45) is 5.92 Å². The monoisotopic (exact) mass is 565 g/mol. The SMILES string of the molecule is C1=CCC=C1.CCCCCCC[n+]1ccc(-c2cc[n+](C(=O)C[n+]3ccn(CC4C=CC=C4)c3)cc2)cc1.[Fe]. The Kier molecular flexibility index (Phi) is 12.8. The molecule has 0 unspecified atom stereocenters. The van der Waals surface area contributed by atoms with Crippen molar-refractivity contribution in [3.05, 3.63) is 116 Å². The van der Waals surface area contributed by atoms with Gasteiger partial charge in [0.15, 0.2) is 24.8 Å². The van der Waals surface area contributed by atoms with Gasteiger partial charge in [-0.2, -0.15) is 0 Å². The molecule has 39 heavy (non-hydrogen) atoms. The largest absolute Gasteiger partial charge is 0.433 e. The normalized spacial score (nSPS) is 13.4. The molecule has 5 rings (SSSR count). The van der Waals surface area contributed by atoms with Gasteiger partial charge in [-0.3, -0.25) is 0 Å². The first-order chi connectivity index (χ1) is 18.7. The molecule has 2 aliphatic carbocycles. The van der Waals surface area contributed by atoms with Crippen LogP contribution in [0.2, 0.25) is 0 Å². The molecule has 0 fully saturated rings. The smallest absolute Gasteiger partial charge is 0.236 e. The third kappa shape index (κ3) is 10.0. The number of imidazole rings is 1. The van der Waals surface area contributed by atoms with E-state index in [1.54, 1.807) is 4.57 Å². The Morgan fingerprint density at radius 3 is 2.08 bits per heavy atom. The quantitative estimate of drug-likeness (QED) is 0.170. The van der Waals surface area contributed by atoms with Crippen LogP contribution in [0.5, 0.6) is 0 Å². The number of hydrogen-bond acceptors (Lipinski definition) is 1. The molecule has 0 atom stereocenters. The number of rotatable bonds is 11. The Balaban J connectivity index is 0.000000630. The summed E-state index contributed by atoms with van der Waals surface area (Å²) in [5, 5.41) is 0. The molecule has 204 valence electrons. The molecule has 0 bridgehead atoms. The Morgan fingerprint density at radius 2 is 1.46 bits per heavy atom. The van der Waals surface area contributed by atoms with E-state index < -0.39 is 0 Å². The second kappa shape index (κ2) is 16.6. The van der Waals surface area contributed by atoms with Crippen molar-refractivity contribution < 1.29 is 35.6 Å². The van der Waals surface area contributed by atoms with Crippen LogP contribution in [0.4, 0.5) is 0 Å². The zero-order chi connectivity index (χ0) is 26.4. The minimum Gasteiger partial charge on any atom is -0.236 e. The van der Waals surface area contributed by atoms with E-state index >= 15 is 0 Å². The van der Waals surface area contributed by atoms with Crippen molar-refractivity contribution >= 4 is 5.91 Å². The summed E-state index contributed by atoms with van der Waals surface area (Å²) < 4.78 is 7.98. The number of carbonyl (C=O) groups excluding carboxylic acids is 1. The molecule has 5 nitrogen and oxygen atoms in total. The summed E-state index contributed by atoms with van der Waals surface area (Å²) in [5.41, 5.74) is 2.28. The van der Waals surface area contributed by atoms with Crippen LogP contribution in [-0.4, -0.2) is 10.5 Å². The molecule has 3 aromatic heterocycles. The minimum absolute atomic E-state index is 0. The Morgan fingerprint density at radius 1 is 0.821 bits per heavy atom. The number of unbranched alkanes of at least 4 members (excludes halogenated alkanes) is 4. The van der Waals surface area contributed by atoms with Gasteiger partial charge in [-0.1, -0.05) is 74.8 Å². The predicted octanol–water partition coefficient (Wildman–Crippen LogP) is 5.57. The third-order valence-corrected chi connectivity index (χ3v) is 6.83. The predicted molar refractivity (Wildman–Crippen MR) is 151 cm³/mol. The van der Waals surface area contributed by atoms with E-state index in [9.17, 15) is 4.79 Å². The topological polar surface area (TPSA) is 33.6 Å². The number of carbonyl (C=O) groups is 1. The second-order valence-electron chi connectivity index (χ2n) is 9.94. The molecule has 0 aliphatic heterocycles. The standard InChI is InChI=1S/C28H35N4O.C5H6.Fe/c1-2-3-4-5-8-15-29-16-11-26(12-17-29)27-13-18-32(19-14-27)28(33)23-31-21-20-30(24-31)22-25-9-6-7-10-25;1-2-4-5-3-1;/h6-7,9-14,16-21,24-25H,2-5,8,15,22-23H2,1H3;1-4H,5H2;/q+3;;. The van der Waals surface area contributed by atoms with Gasteiger partial charge in [0.25, 0.3) is 0 Å². The number of pyridine rings is 2. The molecule has 0 aromatic carbocycles. The van der Waals surface area contributed by atoms with Gasteiger partial charge < -0.3 is 0 Å². The van der Waals surface area contributed by atoms with Crippen LogP contribution in [0.25, 0.3) is 11.1 Å². The number of aryl methyl sites for hydroxylation is 1. The van der Waals surface area contributed by atoms with Gasteiger partial charge in [0.1, 0.15) is 18.9 Å². The maximum atomic E-state index is 12.7. The van der Waals surface area contributed by atoms with E-state index in [1.165, 1.54) is 37.7 Å². The van der Waals surface area contributed by atoms with Crippen LogP contribution in [0.3, 0.4) is 0 Å². The van der Waals surface area contributed by atoms with Gasteiger partial charge in [-0.05, 0) is 24.0 Å². The van der Waals surface area contributed by atoms with Crippen LogP contribution in [-0.2, 0) is 36.7 Å². The molecule has 0 radical (unpaired) electrons. The summed E-state index contributed by atoms with van der Waals surface area (Å²) in [7, 11) is 0. The number of aromatic nitrogens is 4. The van der Waals surface area contributed by atoms with Crippen LogP contribution in [0, 0.1) is 5.92 Å². The zero-order valence-electron chi connectivity index (χ0n) is 23.0. The fourth-order valence-corrected chi connectivity index (χ4v) is 4.60. The fraction of sp³-hybridized carbons (Fsp3) is 0.333. The fourth-order valence-electron chi connectivity index (χ4n) is 4.60. The van der Waals surface area contributed by atoms with E-state index in [4.69, 9.17) is 0 Å². The molecule has 3 aromatic rings. The minimum atomic E-state index is 0. The first kappa shape index (κ1) is 30.2. The van der Waals surface area contributed by atoms with E-state index in [0.717, 1.165) is 25.1 Å². The molecule has 0 spiro atoms. The molecule has 0 saturated heterocycles. The van der Waals surface area contributed by atoms with E-state index in [1.807, 2.05) is 47.8 Å². The van der Waals surface area contributed by atoms with Gasteiger partial charge >= 0.3 is 5.91 Å². The summed E-state index contributed by atoms with van der Waals surface area (Å²) in [4.78, 5) is 12.7.